The van der Waals surface area contributed by atoms with E-state index in [9.17, 15) is 9.18 Å². The van der Waals surface area contributed by atoms with Gasteiger partial charge in [0.25, 0.3) is 5.91 Å². The highest BCUT2D eigenvalue weighted by Crippen LogP contribution is 2.22. The molecule has 0 bridgehead atoms. The minimum atomic E-state index is -0.306. The van der Waals surface area contributed by atoms with Crippen molar-refractivity contribution in [1.29, 1.82) is 0 Å². The zero-order valence-corrected chi connectivity index (χ0v) is 12.7. The SMILES string of the molecule is CNC(C)CNC(=O)c1ccc(-c2ccc(F)cc2)o1.Cl. The van der Waals surface area contributed by atoms with E-state index in [1.165, 1.54) is 12.1 Å². The molecule has 1 atom stereocenters. The lowest BCUT2D eigenvalue weighted by molar-refractivity contribution is 0.0923. The number of hydrogen-bond acceptors (Lipinski definition) is 3. The molecule has 4 nitrogen and oxygen atoms in total. The van der Waals surface area contributed by atoms with E-state index in [0.29, 0.717) is 12.3 Å². The molecule has 0 aliphatic carbocycles. The maximum atomic E-state index is 12.8. The predicted molar refractivity (Wildman–Crippen MR) is 82.2 cm³/mol. The molecule has 0 saturated carbocycles. The van der Waals surface area contributed by atoms with Gasteiger partial charge in [0.1, 0.15) is 11.6 Å². The maximum absolute atomic E-state index is 12.8. The van der Waals surface area contributed by atoms with Crippen LogP contribution in [-0.4, -0.2) is 25.5 Å². The van der Waals surface area contributed by atoms with Crippen LogP contribution in [0.15, 0.2) is 40.8 Å². The van der Waals surface area contributed by atoms with Gasteiger partial charge in [0, 0.05) is 18.2 Å². The lowest BCUT2D eigenvalue weighted by atomic mass is 10.2. The Morgan fingerprint density at radius 3 is 2.52 bits per heavy atom. The quantitative estimate of drug-likeness (QED) is 0.892. The van der Waals surface area contributed by atoms with Gasteiger partial charge in [-0.3, -0.25) is 4.79 Å². The van der Waals surface area contributed by atoms with E-state index in [4.69, 9.17) is 4.42 Å². The number of likely N-dealkylation sites (N-methyl/N-ethyl adjacent to an activating group) is 1. The van der Waals surface area contributed by atoms with Gasteiger partial charge < -0.3 is 15.1 Å². The Hall–Kier alpha value is -1.85. The van der Waals surface area contributed by atoms with E-state index >= 15 is 0 Å². The fourth-order valence-electron chi connectivity index (χ4n) is 1.66. The Balaban J connectivity index is 0.00000220. The topological polar surface area (TPSA) is 54.3 Å². The van der Waals surface area contributed by atoms with Gasteiger partial charge in [0.15, 0.2) is 5.76 Å². The van der Waals surface area contributed by atoms with Gasteiger partial charge in [-0.2, -0.15) is 0 Å². The number of hydrogen-bond donors (Lipinski definition) is 2. The van der Waals surface area contributed by atoms with Crippen molar-refractivity contribution >= 4 is 18.3 Å². The van der Waals surface area contributed by atoms with Crippen LogP contribution in [0.4, 0.5) is 4.39 Å². The number of rotatable bonds is 5. The highest BCUT2D eigenvalue weighted by molar-refractivity contribution is 5.92. The van der Waals surface area contributed by atoms with E-state index in [2.05, 4.69) is 10.6 Å². The highest BCUT2D eigenvalue weighted by Gasteiger charge is 2.12. The molecule has 0 aliphatic rings. The molecule has 1 aromatic heterocycles. The molecule has 0 fully saturated rings. The van der Waals surface area contributed by atoms with Crippen LogP contribution in [0.5, 0.6) is 0 Å². The molecule has 2 rings (SSSR count). The molecule has 1 amide bonds. The number of nitrogens with one attached hydrogen (secondary N) is 2. The Labute approximate surface area is 129 Å². The normalized spacial score (nSPS) is 11.6. The summed E-state index contributed by atoms with van der Waals surface area (Å²) in [5.74, 6) is 0.212. The van der Waals surface area contributed by atoms with Crippen molar-refractivity contribution < 1.29 is 13.6 Å². The first-order valence-electron chi connectivity index (χ1n) is 6.41. The van der Waals surface area contributed by atoms with Crippen molar-refractivity contribution in [2.75, 3.05) is 13.6 Å². The van der Waals surface area contributed by atoms with Crippen LogP contribution in [0.3, 0.4) is 0 Å². The van der Waals surface area contributed by atoms with Gasteiger partial charge in [-0.1, -0.05) is 0 Å². The van der Waals surface area contributed by atoms with Gasteiger partial charge >= 0.3 is 0 Å². The Morgan fingerprint density at radius 1 is 1.24 bits per heavy atom. The zero-order chi connectivity index (χ0) is 14.5. The highest BCUT2D eigenvalue weighted by atomic mass is 35.5. The van der Waals surface area contributed by atoms with Gasteiger partial charge in [0.2, 0.25) is 0 Å². The third kappa shape index (κ3) is 4.58. The molecule has 2 N–H and O–H groups in total. The first-order chi connectivity index (χ1) is 9.60. The number of furan rings is 1. The van der Waals surface area contributed by atoms with Crippen LogP contribution < -0.4 is 10.6 Å². The van der Waals surface area contributed by atoms with Crippen molar-refractivity contribution in [1.82, 2.24) is 10.6 Å². The average Bonchev–Trinajstić information content (AvgIpc) is 2.95. The van der Waals surface area contributed by atoms with Crippen LogP contribution in [-0.2, 0) is 0 Å². The second-order valence-electron chi connectivity index (χ2n) is 4.57. The van der Waals surface area contributed by atoms with Crippen molar-refractivity contribution in [2.45, 2.75) is 13.0 Å². The van der Waals surface area contributed by atoms with Crippen molar-refractivity contribution in [3.63, 3.8) is 0 Å². The summed E-state index contributed by atoms with van der Waals surface area (Å²) in [5, 5.41) is 5.80. The third-order valence-electron chi connectivity index (χ3n) is 3.02. The molecule has 0 radical (unpaired) electrons. The van der Waals surface area contributed by atoms with Gasteiger partial charge in [-0.05, 0) is 50.4 Å². The monoisotopic (exact) mass is 312 g/mol. The molecule has 21 heavy (non-hydrogen) atoms. The van der Waals surface area contributed by atoms with Crippen molar-refractivity contribution in [3.8, 4) is 11.3 Å². The molecular weight excluding hydrogens is 295 g/mol. The summed E-state index contributed by atoms with van der Waals surface area (Å²) in [4.78, 5) is 11.9. The summed E-state index contributed by atoms with van der Waals surface area (Å²) in [6, 6.07) is 9.42. The van der Waals surface area contributed by atoms with E-state index in [1.54, 1.807) is 24.3 Å². The summed E-state index contributed by atoms with van der Waals surface area (Å²) in [5.41, 5.74) is 0.731. The lowest BCUT2D eigenvalue weighted by Gasteiger charge is -2.10. The number of carbonyl (C=O) groups excluding carboxylic acids is 1. The van der Waals surface area contributed by atoms with Gasteiger partial charge in [0.05, 0.1) is 0 Å². The summed E-state index contributed by atoms with van der Waals surface area (Å²) in [6.45, 7) is 2.48. The van der Waals surface area contributed by atoms with E-state index in [-0.39, 0.29) is 35.9 Å². The molecule has 114 valence electrons. The second-order valence-corrected chi connectivity index (χ2v) is 4.57. The Kier molecular flexibility index (Phi) is 6.39. The molecular formula is C15H18ClFN2O2. The smallest absolute Gasteiger partial charge is 0.287 e. The maximum Gasteiger partial charge on any atom is 0.287 e. The summed E-state index contributed by atoms with van der Waals surface area (Å²) < 4.78 is 18.3. The van der Waals surface area contributed by atoms with Gasteiger partial charge in [-0.15, -0.1) is 12.4 Å². The van der Waals surface area contributed by atoms with Crippen LogP contribution in [0.25, 0.3) is 11.3 Å². The third-order valence-corrected chi connectivity index (χ3v) is 3.02. The number of amides is 1. The number of carbonyl (C=O) groups is 1. The lowest BCUT2D eigenvalue weighted by Crippen LogP contribution is -2.37. The van der Waals surface area contributed by atoms with Crippen LogP contribution >= 0.6 is 12.4 Å². The number of benzene rings is 1. The average molecular weight is 313 g/mol. The summed E-state index contributed by atoms with van der Waals surface area (Å²) in [6.07, 6.45) is 0. The Bertz CT molecular complexity index is 584. The minimum absolute atomic E-state index is 0. The zero-order valence-electron chi connectivity index (χ0n) is 11.9. The second kappa shape index (κ2) is 7.81. The first kappa shape index (κ1) is 17.2. The Morgan fingerprint density at radius 2 is 1.90 bits per heavy atom. The molecule has 1 unspecified atom stereocenters. The van der Waals surface area contributed by atoms with E-state index in [1.807, 2.05) is 14.0 Å². The van der Waals surface area contributed by atoms with Gasteiger partial charge in [-0.25, -0.2) is 4.39 Å². The first-order valence-corrected chi connectivity index (χ1v) is 6.41. The van der Waals surface area contributed by atoms with E-state index in [0.717, 1.165) is 5.56 Å². The van der Waals surface area contributed by atoms with Crippen molar-refractivity contribution in [2.24, 2.45) is 0 Å². The molecule has 0 spiro atoms. The molecule has 0 aliphatic heterocycles. The molecule has 2 aromatic rings. The summed E-state index contributed by atoms with van der Waals surface area (Å²) >= 11 is 0. The molecule has 0 saturated heterocycles. The van der Waals surface area contributed by atoms with Crippen LogP contribution in [0, 0.1) is 5.82 Å². The standard InChI is InChI=1S/C15H17FN2O2.ClH/c1-10(17-2)9-18-15(19)14-8-7-13(20-14)11-3-5-12(16)6-4-11;/h3-8,10,17H,9H2,1-2H3,(H,18,19);1H. The molecule has 1 heterocycles. The van der Waals surface area contributed by atoms with Crippen LogP contribution in [0.2, 0.25) is 0 Å². The van der Waals surface area contributed by atoms with Crippen molar-refractivity contribution in [3.05, 3.63) is 48.0 Å². The largest absolute Gasteiger partial charge is 0.451 e. The predicted octanol–water partition coefficient (Wildman–Crippen LogP) is 2.85. The van der Waals surface area contributed by atoms with Crippen LogP contribution in [0.1, 0.15) is 17.5 Å². The molecule has 1 aromatic carbocycles. The summed E-state index contributed by atoms with van der Waals surface area (Å²) in [7, 11) is 1.83. The van der Waals surface area contributed by atoms with E-state index < -0.39 is 0 Å². The number of halogens is 2. The molecule has 6 heteroatoms. The fourth-order valence-corrected chi connectivity index (χ4v) is 1.66. The minimum Gasteiger partial charge on any atom is -0.451 e. The fraction of sp³-hybridized carbons (Fsp3) is 0.267.